The van der Waals surface area contributed by atoms with E-state index in [1.807, 2.05) is 25.0 Å². The summed E-state index contributed by atoms with van der Waals surface area (Å²) in [4.78, 5) is 23.4. The zero-order chi connectivity index (χ0) is 15.2. The Morgan fingerprint density at radius 3 is 2.19 bits per heavy atom. The van der Waals surface area contributed by atoms with Crippen molar-refractivity contribution in [1.29, 1.82) is 0 Å². The zero-order valence-electron chi connectivity index (χ0n) is 13.3. The van der Waals surface area contributed by atoms with E-state index in [4.69, 9.17) is 0 Å². The second kappa shape index (κ2) is 7.78. The molecule has 0 aliphatic carbocycles. The molecule has 2 heterocycles. The number of aryl methyl sites for hydroxylation is 2. The van der Waals surface area contributed by atoms with E-state index in [9.17, 15) is 4.79 Å². The Balaban J connectivity index is 1.97. The van der Waals surface area contributed by atoms with Crippen LogP contribution < -0.4 is 0 Å². The van der Waals surface area contributed by atoms with Crippen molar-refractivity contribution < 1.29 is 4.79 Å². The van der Waals surface area contributed by atoms with Crippen LogP contribution in [-0.4, -0.2) is 40.1 Å². The summed E-state index contributed by atoms with van der Waals surface area (Å²) in [6.45, 7) is 5.89. The average Bonchev–Trinajstić information content (AvgIpc) is 2.75. The van der Waals surface area contributed by atoms with Crippen LogP contribution in [0.1, 0.15) is 49.1 Å². The van der Waals surface area contributed by atoms with E-state index in [1.165, 1.54) is 12.8 Å². The number of rotatable bonds is 4. The molecule has 0 unspecified atom stereocenters. The Bertz CT molecular complexity index is 473. The van der Waals surface area contributed by atoms with Gasteiger partial charge in [0.1, 0.15) is 0 Å². The second-order valence-corrected chi connectivity index (χ2v) is 6.43. The van der Waals surface area contributed by atoms with Crippen LogP contribution in [0, 0.1) is 13.8 Å². The largest absolute Gasteiger partial charge is 0.343 e. The van der Waals surface area contributed by atoms with Gasteiger partial charge in [-0.3, -0.25) is 4.79 Å². The van der Waals surface area contributed by atoms with E-state index in [1.54, 1.807) is 11.8 Å². The van der Waals surface area contributed by atoms with Crippen LogP contribution in [0.4, 0.5) is 0 Å². The van der Waals surface area contributed by atoms with Crippen LogP contribution in [0.15, 0.2) is 5.16 Å². The first-order chi connectivity index (χ1) is 10.1. The van der Waals surface area contributed by atoms with Gasteiger partial charge in [-0.25, -0.2) is 9.97 Å². The van der Waals surface area contributed by atoms with Gasteiger partial charge in [0.2, 0.25) is 5.91 Å². The summed E-state index contributed by atoms with van der Waals surface area (Å²) in [5, 5.41) is 0.813. The monoisotopic (exact) mass is 307 g/mol. The van der Waals surface area contributed by atoms with E-state index in [0.717, 1.165) is 54.5 Å². The maximum absolute atomic E-state index is 12.4. The molecule has 0 bridgehead atoms. The Labute approximate surface area is 131 Å². The van der Waals surface area contributed by atoms with E-state index in [-0.39, 0.29) is 5.91 Å². The molecule has 1 amide bonds. The minimum absolute atomic E-state index is 0.282. The molecule has 1 aromatic rings. The molecule has 0 atom stereocenters. The van der Waals surface area contributed by atoms with Gasteiger partial charge < -0.3 is 4.90 Å². The van der Waals surface area contributed by atoms with Crippen molar-refractivity contribution in [3.8, 4) is 0 Å². The van der Waals surface area contributed by atoms with Crippen molar-refractivity contribution in [3.63, 3.8) is 0 Å². The van der Waals surface area contributed by atoms with Crippen LogP contribution in [0.2, 0.25) is 0 Å². The molecule has 0 N–H and O–H groups in total. The minimum Gasteiger partial charge on any atom is -0.343 e. The van der Waals surface area contributed by atoms with Crippen LogP contribution in [-0.2, 0) is 11.2 Å². The van der Waals surface area contributed by atoms with Gasteiger partial charge in [0.15, 0.2) is 5.16 Å². The van der Waals surface area contributed by atoms with Crippen molar-refractivity contribution >= 4 is 17.7 Å². The first-order valence-corrected chi connectivity index (χ1v) is 9.00. The van der Waals surface area contributed by atoms with E-state index >= 15 is 0 Å². The number of carbonyl (C=O) groups excluding carboxylic acids is 1. The summed E-state index contributed by atoms with van der Waals surface area (Å²) in [7, 11) is 0. The van der Waals surface area contributed by atoms with E-state index in [0.29, 0.717) is 6.42 Å². The minimum atomic E-state index is 0.282. The summed E-state index contributed by atoms with van der Waals surface area (Å²) in [6.07, 6.45) is 8.12. The quantitative estimate of drug-likeness (QED) is 0.633. The van der Waals surface area contributed by atoms with Gasteiger partial charge in [0, 0.05) is 30.9 Å². The SMILES string of the molecule is CSc1nc(C)c(CCC(=O)N2CCCCCC2)c(C)n1. The highest BCUT2D eigenvalue weighted by molar-refractivity contribution is 7.98. The Kier molecular flexibility index (Phi) is 6.03. The number of hydrogen-bond acceptors (Lipinski definition) is 4. The molecule has 0 aromatic carbocycles. The maximum Gasteiger partial charge on any atom is 0.222 e. The fourth-order valence-corrected chi connectivity index (χ4v) is 3.33. The Morgan fingerprint density at radius 2 is 1.67 bits per heavy atom. The number of nitrogens with zero attached hydrogens (tertiary/aromatic N) is 3. The number of likely N-dealkylation sites (tertiary alicyclic amines) is 1. The van der Waals surface area contributed by atoms with Crippen molar-refractivity contribution in [1.82, 2.24) is 14.9 Å². The molecule has 0 saturated carbocycles. The Morgan fingerprint density at radius 1 is 1.10 bits per heavy atom. The molecule has 21 heavy (non-hydrogen) atoms. The molecule has 0 radical (unpaired) electrons. The lowest BCUT2D eigenvalue weighted by molar-refractivity contribution is -0.131. The molecule has 1 aliphatic rings. The van der Waals surface area contributed by atoms with Crippen LogP contribution >= 0.6 is 11.8 Å². The highest BCUT2D eigenvalue weighted by Crippen LogP contribution is 2.18. The molecular weight excluding hydrogens is 282 g/mol. The molecule has 0 spiro atoms. The summed E-state index contributed by atoms with van der Waals surface area (Å²) in [5.74, 6) is 0.282. The van der Waals surface area contributed by atoms with Crippen LogP contribution in [0.3, 0.4) is 0 Å². The number of aromatic nitrogens is 2. The van der Waals surface area contributed by atoms with Crippen molar-refractivity contribution in [2.24, 2.45) is 0 Å². The number of amides is 1. The fourth-order valence-electron chi connectivity index (χ4n) is 2.87. The molecule has 1 aliphatic heterocycles. The molecule has 1 saturated heterocycles. The van der Waals surface area contributed by atoms with Crippen LogP contribution in [0.25, 0.3) is 0 Å². The third kappa shape index (κ3) is 4.43. The molecule has 2 rings (SSSR count). The highest BCUT2D eigenvalue weighted by Gasteiger charge is 2.17. The summed E-state index contributed by atoms with van der Waals surface area (Å²) in [6, 6.07) is 0. The van der Waals surface area contributed by atoms with Gasteiger partial charge in [0.25, 0.3) is 0 Å². The van der Waals surface area contributed by atoms with E-state index < -0.39 is 0 Å². The smallest absolute Gasteiger partial charge is 0.222 e. The van der Waals surface area contributed by atoms with Gasteiger partial charge in [0.05, 0.1) is 0 Å². The van der Waals surface area contributed by atoms with Gasteiger partial charge in [-0.2, -0.15) is 0 Å². The lowest BCUT2D eigenvalue weighted by Crippen LogP contribution is -2.32. The summed E-state index contributed by atoms with van der Waals surface area (Å²) < 4.78 is 0. The van der Waals surface area contributed by atoms with Gasteiger partial charge in [-0.15, -0.1) is 0 Å². The third-order valence-electron chi connectivity index (χ3n) is 4.13. The molecule has 4 nitrogen and oxygen atoms in total. The molecule has 1 aromatic heterocycles. The standard InChI is InChI=1S/C16H25N3OS/c1-12-14(13(2)18-16(17-12)21-3)8-9-15(20)19-10-6-4-5-7-11-19/h4-11H2,1-3H3. The fraction of sp³-hybridized carbons (Fsp3) is 0.688. The summed E-state index contributed by atoms with van der Waals surface area (Å²) >= 11 is 1.56. The van der Waals surface area contributed by atoms with E-state index in [2.05, 4.69) is 9.97 Å². The molecule has 116 valence electrons. The predicted molar refractivity (Wildman–Crippen MR) is 86.7 cm³/mol. The van der Waals surface area contributed by atoms with Crippen molar-refractivity contribution in [2.75, 3.05) is 19.3 Å². The van der Waals surface area contributed by atoms with Gasteiger partial charge in [-0.1, -0.05) is 24.6 Å². The van der Waals surface area contributed by atoms with Gasteiger partial charge >= 0.3 is 0 Å². The second-order valence-electron chi connectivity index (χ2n) is 5.65. The summed E-state index contributed by atoms with van der Waals surface area (Å²) in [5.41, 5.74) is 3.15. The van der Waals surface area contributed by atoms with Crippen molar-refractivity contribution in [3.05, 3.63) is 17.0 Å². The average molecular weight is 307 g/mol. The lowest BCUT2D eigenvalue weighted by Gasteiger charge is -2.20. The third-order valence-corrected chi connectivity index (χ3v) is 4.68. The first-order valence-electron chi connectivity index (χ1n) is 7.77. The number of thioether (sulfide) groups is 1. The maximum atomic E-state index is 12.4. The first kappa shape index (κ1) is 16.3. The van der Waals surface area contributed by atoms with Crippen molar-refractivity contribution in [2.45, 2.75) is 57.5 Å². The Hall–Kier alpha value is -1.10. The molecule has 5 heteroatoms. The molecular formula is C16H25N3OS. The van der Waals surface area contributed by atoms with Gasteiger partial charge in [-0.05, 0) is 44.9 Å². The topological polar surface area (TPSA) is 46.1 Å². The lowest BCUT2D eigenvalue weighted by atomic mass is 10.1. The highest BCUT2D eigenvalue weighted by atomic mass is 32.2. The zero-order valence-corrected chi connectivity index (χ0v) is 14.1. The molecule has 1 fully saturated rings. The normalized spacial score (nSPS) is 15.9. The number of hydrogen-bond donors (Lipinski definition) is 0. The number of carbonyl (C=O) groups is 1. The van der Waals surface area contributed by atoms with Crippen LogP contribution in [0.5, 0.6) is 0 Å². The predicted octanol–water partition coefficient (Wildman–Crippen LogP) is 3.15.